The van der Waals surface area contributed by atoms with Crippen LogP contribution in [0.15, 0.2) is 47.4 Å². The lowest BCUT2D eigenvalue weighted by molar-refractivity contribution is 0.00777. The standard InChI is InChI=1S/C22H31N3O3S.ClH/c1-25(2)13-6-14-28-17-11-12-20-19(15-17)22(24-23-20)29(26,27)21-10-5-8-16-7-3-4-9-18(16)21;/h3-5,7-10,17,19-20,22-24H,6,11-15H2,1-2H3;1H. The monoisotopic (exact) mass is 453 g/mol. The van der Waals surface area contributed by atoms with E-state index in [1.807, 2.05) is 36.4 Å². The number of nitrogens with one attached hydrogen (secondary N) is 2. The highest BCUT2D eigenvalue weighted by atomic mass is 35.5. The molecule has 6 nitrogen and oxygen atoms in total. The van der Waals surface area contributed by atoms with E-state index in [1.54, 1.807) is 6.07 Å². The number of nitrogens with zero attached hydrogens (tertiary/aromatic N) is 1. The summed E-state index contributed by atoms with van der Waals surface area (Å²) in [6.07, 6.45) is 3.79. The molecule has 4 rings (SSSR count). The average molecular weight is 454 g/mol. The zero-order chi connectivity index (χ0) is 20.4. The van der Waals surface area contributed by atoms with Gasteiger partial charge >= 0.3 is 0 Å². The maximum absolute atomic E-state index is 13.6. The van der Waals surface area contributed by atoms with E-state index >= 15 is 0 Å². The van der Waals surface area contributed by atoms with Crippen LogP contribution in [0.2, 0.25) is 0 Å². The fourth-order valence-corrected chi connectivity index (χ4v) is 6.66. The molecule has 2 aromatic rings. The SMILES string of the molecule is CN(C)CCCOC1CCC2NNC(S(=O)(=O)c3cccc4ccccc34)C2C1.Cl. The molecular weight excluding hydrogens is 422 g/mol. The summed E-state index contributed by atoms with van der Waals surface area (Å²) in [7, 11) is 0.587. The first kappa shape index (κ1) is 23.4. The summed E-state index contributed by atoms with van der Waals surface area (Å²) >= 11 is 0. The van der Waals surface area contributed by atoms with Gasteiger partial charge in [0.2, 0.25) is 0 Å². The topological polar surface area (TPSA) is 70.7 Å². The Labute approximate surface area is 185 Å². The van der Waals surface area contributed by atoms with Gasteiger partial charge in [-0.3, -0.25) is 5.43 Å². The number of hydrazine groups is 1. The van der Waals surface area contributed by atoms with Crippen molar-refractivity contribution in [2.45, 2.75) is 48.1 Å². The lowest BCUT2D eigenvalue weighted by Gasteiger charge is -2.33. The maximum atomic E-state index is 13.6. The minimum absolute atomic E-state index is 0. The summed E-state index contributed by atoms with van der Waals surface area (Å²) < 4.78 is 33.3. The Hall–Kier alpha value is -1.22. The number of benzene rings is 2. The smallest absolute Gasteiger partial charge is 0.196 e. The van der Waals surface area contributed by atoms with Crippen LogP contribution in [0.5, 0.6) is 0 Å². The molecule has 2 fully saturated rings. The van der Waals surface area contributed by atoms with Crippen LogP contribution in [0, 0.1) is 5.92 Å². The Balaban J connectivity index is 0.00000256. The Morgan fingerprint density at radius 1 is 1.07 bits per heavy atom. The number of fused-ring (bicyclic) bond motifs is 2. The lowest BCUT2D eigenvalue weighted by Crippen LogP contribution is -2.40. The minimum Gasteiger partial charge on any atom is -0.378 e. The number of rotatable bonds is 7. The third-order valence-electron chi connectivity index (χ3n) is 6.15. The van der Waals surface area contributed by atoms with Crippen molar-refractivity contribution in [2.24, 2.45) is 5.92 Å². The second-order valence-electron chi connectivity index (χ2n) is 8.46. The number of hydrogen-bond donors (Lipinski definition) is 2. The van der Waals surface area contributed by atoms with Crippen LogP contribution in [-0.2, 0) is 14.6 Å². The summed E-state index contributed by atoms with van der Waals surface area (Å²) in [5, 5.41) is 1.10. The first-order chi connectivity index (χ1) is 14.0. The number of hydrogen-bond acceptors (Lipinski definition) is 6. The van der Waals surface area contributed by atoms with Crippen LogP contribution >= 0.6 is 12.4 Å². The van der Waals surface area contributed by atoms with Crippen molar-refractivity contribution in [3.05, 3.63) is 42.5 Å². The molecule has 0 radical (unpaired) electrons. The lowest BCUT2D eigenvalue weighted by atomic mass is 9.84. The van der Waals surface area contributed by atoms with E-state index in [0.29, 0.717) is 4.90 Å². The average Bonchev–Trinajstić information content (AvgIpc) is 3.15. The van der Waals surface area contributed by atoms with E-state index in [0.717, 1.165) is 49.6 Å². The van der Waals surface area contributed by atoms with Gasteiger partial charge in [-0.2, -0.15) is 0 Å². The largest absolute Gasteiger partial charge is 0.378 e. The van der Waals surface area contributed by atoms with E-state index in [2.05, 4.69) is 29.8 Å². The first-order valence-corrected chi connectivity index (χ1v) is 12.0. The molecule has 1 heterocycles. The number of halogens is 1. The van der Waals surface area contributed by atoms with Gasteiger partial charge in [-0.05, 0) is 57.8 Å². The molecule has 0 spiro atoms. The van der Waals surface area contributed by atoms with Gasteiger partial charge in [0, 0.05) is 24.0 Å². The second-order valence-corrected chi connectivity index (χ2v) is 10.5. The highest BCUT2D eigenvalue weighted by molar-refractivity contribution is 7.92. The third-order valence-corrected chi connectivity index (χ3v) is 8.25. The van der Waals surface area contributed by atoms with E-state index < -0.39 is 15.2 Å². The van der Waals surface area contributed by atoms with Crippen molar-refractivity contribution >= 4 is 33.0 Å². The number of sulfone groups is 1. The van der Waals surface area contributed by atoms with Gasteiger partial charge in [-0.15, -0.1) is 12.4 Å². The molecule has 0 aromatic heterocycles. The summed E-state index contributed by atoms with van der Waals surface area (Å²) in [5.41, 5.74) is 6.35. The molecular formula is C22H32ClN3O3S. The maximum Gasteiger partial charge on any atom is 0.196 e. The number of ether oxygens (including phenoxy) is 1. The zero-order valence-corrected chi connectivity index (χ0v) is 19.2. The second kappa shape index (κ2) is 9.94. The fraction of sp³-hybridized carbons (Fsp3) is 0.545. The van der Waals surface area contributed by atoms with E-state index in [9.17, 15) is 8.42 Å². The molecule has 1 aliphatic carbocycles. The summed E-state index contributed by atoms with van der Waals surface area (Å²) in [5.74, 6) is 0.00608. The minimum atomic E-state index is -3.53. The van der Waals surface area contributed by atoms with Crippen LogP contribution < -0.4 is 10.9 Å². The highest BCUT2D eigenvalue weighted by Crippen LogP contribution is 2.37. The van der Waals surface area contributed by atoms with E-state index in [4.69, 9.17) is 4.74 Å². The van der Waals surface area contributed by atoms with Crippen molar-refractivity contribution in [2.75, 3.05) is 27.2 Å². The molecule has 1 aliphatic heterocycles. The van der Waals surface area contributed by atoms with E-state index in [1.165, 1.54) is 0 Å². The Morgan fingerprint density at radius 3 is 2.63 bits per heavy atom. The molecule has 0 bridgehead atoms. The first-order valence-electron chi connectivity index (χ1n) is 10.5. The summed E-state index contributed by atoms with van der Waals surface area (Å²) in [6.45, 7) is 1.72. The van der Waals surface area contributed by atoms with Gasteiger partial charge in [-0.1, -0.05) is 36.4 Å². The van der Waals surface area contributed by atoms with Crippen LogP contribution in [0.1, 0.15) is 25.7 Å². The summed E-state index contributed by atoms with van der Waals surface area (Å²) in [6, 6.07) is 13.3. The Bertz CT molecular complexity index is 948. The molecule has 166 valence electrons. The highest BCUT2D eigenvalue weighted by Gasteiger charge is 2.47. The molecule has 0 amide bonds. The van der Waals surface area contributed by atoms with Crippen molar-refractivity contribution in [1.82, 2.24) is 15.8 Å². The predicted molar refractivity (Wildman–Crippen MR) is 122 cm³/mol. The van der Waals surface area contributed by atoms with E-state index in [-0.39, 0.29) is 30.5 Å². The van der Waals surface area contributed by atoms with Gasteiger partial charge < -0.3 is 9.64 Å². The molecule has 1 saturated heterocycles. The zero-order valence-electron chi connectivity index (χ0n) is 17.6. The van der Waals surface area contributed by atoms with Gasteiger partial charge in [0.25, 0.3) is 0 Å². The molecule has 1 saturated carbocycles. The van der Waals surface area contributed by atoms with Crippen molar-refractivity contribution in [3.8, 4) is 0 Å². The van der Waals surface area contributed by atoms with Gasteiger partial charge in [0.15, 0.2) is 9.84 Å². The fourth-order valence-electron chi connectivity index (χ4n) is 4.65. The molecule has 8 heteroatoms. The Morgan fingerprint density at radius 2 is 1.83 bits per heavy atom. The van der Waals surface area contributed by atoms with Gasteiger partial charge in [0.05, 0.1) is 11.0 Å². The molecule has 30 heavy (non-hydrogen) atoms. The van der Waals surface area contributed by atoms with Gasteiger partial charge in [-0.25, -0.2) is 13.8 Å². The Kier molecular flexibility index (Phi) is 7.76. The molecule has 2 aliphatic rings. The summed E-state index contributed by atoms with van der Waals surface area (Å²) in [4.78, 5) is 2.56. The van der Waals surface area contributed by atoms with Crippen molar-refractivity contribution in [1.29, 1.82) is 0 Å². The van der Waals surface area contributed by atoms with Crippen molar-refractivity contribution < 1.29 is 13.2 Å². The van der Waals surface area contributed by atoms with Crippen LogP contribution in [-0.4, -0.2) is 58.1 Å². The van der Waals surface area contributed by atoms with Crippen LogP contribution in [0.3, 0.4) is 0 Å². The van der Waals surface area contributed by atoms with Crippen LogP contribution in [0.25, 0.3) is 10.8 Å². The predicted octanol–water partition coefficient (Wildman–Crippen LogP) is 2.97. The molecule has 4 atom stereocenters. The van der Waals surface area contributed by atoms with Crippen molar-refractivity contribution in [3.63, 3.8) is 0 Å². The van der Waals surface area contributed by atoms with Crippen LogP contribution in [0.4, 0.5) is 0 Å². The molecule has 4 unspecified atom stereocenters. The third kappa shape index (κ3) is 4.82. The normalized spacial score (nSPS) is 26.5. The van der Waals surface area contributed by atoms with Gasteiger partial charge in [0.1, 0.15) is 5.37 Å². The quantitative estimate of drug-likeness (QED) is 0.628. The molecule has 2 N–H and O–H groups in total. The molecule has 2 aromatic carbocycles.